The quantitative estimate of drug-likeness (QED) is 0.566. The van der Waals surface area contributed by atoms with Gasteiger partial charge in [-0.15, -0.1) is 0 Å². The Morgan fingerprint density at radius 1 is 0.931 bits per heavy atom. The highest BCUT2D eigenvalue weighted by molar-refractivity contribution is 6.06. The number of para-hydroxylation sites is 1. The molecule has 0 saturated heterocycles. The van der Waals surface area contributed by atoms with Gasteiger partial charge in [0.05, 0.1) is 0 Å². The average Bonchev–Trinajstić information content (AvgIpc) is 2.74. The predicted octanol–water partition coefficient (Wildman–Crippen LogP) is 6.22. The Balaban J connectivity index is 1.45. The minimum absolute atomic E-state index is 0.0711. The van der Waals surface area contributed by atoms with Crippen LogP contribution >= 0.6 is 0 Å². The van der Waals surface area contributed by atoms with Crippen molar-refractivity contribution in [2.75, 3.05) is 16.8 Å². The van der Waals surface area contributed by atoms with E-state index in [2.05, 4.69) is 49.5 Å². The van der Waals surface area contributed by atoms with Crippen molar-refractivity contribution in [2.45, 2.75) is 33.1 Å². The summed E-state index contributed by atoms with van der Waals surface area (Å²) in [5.41, 5.74) is 6.42. The number of carbonyl (C=O) groups excluding carboxylic acids is 1. The largest absolute Gasteiger partial charge is 0.356 e. The van der Waals surface area contributed by atoms with Gasteiger partial charge in [0, 0.05) is 29.2 Å². The zero-order chi connectivity index (χ0) is 20.2. The number of amides is 1. The number of nitrogens with one attached hydrogen (secondary N) is 1. The van der Waals surface area contributed by atoms with Gasteiger partial charge < -0.3 is 10.2 Å². The van der Waals surface area contributed by atoms with Crippen molar-refractivity contribution in [1.82, 2.24) is 0 Å². The van der Waals surface area contributed by atoms with Crippen LogP contribution in [-0.4, -0.2) is 12.5 Å². The Morgan fingerprint density at radius 2 is 1.59 bits per heavy atom. The lowest BCUT2D eigenvalue weighted by Crippen LogP contribution is -2.35. The summed E-state index contributed by atoms with van der Waals surface area (Å²) in [6.07, 6.45) is 3.14. The van der Waals surface area contributed by atoms with Crippen molar-refractivity contribution in [3.63, 3.8) is 0 Å². The highest BCUT2D eigenvalue weighted by Crippen LogP contribution is 2.28. The number of carbonyl (C=O) groups is 1. The number of anilines is 3. The lowest BCUT2D eigenvalue weighted by Gasteiger charge is -2.29. The molecular weight excluding hydrogens is 356 g/mol. The molecule has 1 amide bonds. The Morgan fingerprint density at radius 3 is 2.28 bits per heavy atom. The van der Waals surface area contributed by atoms with Gasteiger partial charge in [-0.25, -0.2) is 0 Å². The molecule has 0 fully saturated rings. The summed E-state index contributed by atoms with van der Waals surface area (Å²) >= 11 is 0. The molecule has 1 heterocycles. The van der Waals surface area contributed by atoms with Crippen LogP contribution in [0.4, 0.5) is 17.1 Å². The van der Waals surface area contributed by atoms with Crippen molar-refractivity contribution in [1.29, 1.82) is 0 Å². The SMILES string of the molecule is CC(C)Cc1ccc(Nc2ccc(C(=O)N3CCCc4ccccc43)cc2)cc1. The summed E-state index contributed by atoms with van der Waals surface area (Å²) in [6.45, 7) is 5.24. The molecule has 1 aliphatic heterocycles. The molecule has 1 N–H and O–H groups in total. The standard InChI is InChI=1S/C26H28N2O/c1-19(2)18-20-9-13-23(14-10-20)27-24-15-11-22(12-16-24)26(29)28-17-5-7-21-6-3-4-8-25(21)28/h3-4,6,8-16,19,27H,5,7,17-18H2,1-2H3. The second kappa shape index (κ2) is 8.52. The monoisotopic (exact) mass is 384 g/mol. The minimum atomic E-state index is 0.0711. The summed E-state index contributed by atoms with van der Waals surface area (Å²) in [5, 5.41) is 3.42. The van der Waals surface area contributed by atoms with Crippen molar-refractivity contribution in [3.8, 4) is 0 Å². The van der Waals surface area contributed by atoms with Crippen LogP contribution in [-0.2, 0) is 12.8 Å². The maximum atomic E-state index is 13.1. The first kappa shape index (κ1) is 19.3. The van der Waals surface area contributed by atoms with Crippen LogP contribution in [0.25, 0.3) is 0 Å². The molecule has 0 aliphatic carbocycles. The van der Waals surface area contributed by atoms with E-state index in [0.717, 1.165) is 48.4 Å². The zero-order valence-electron chi connectivity index (χ0n) is 17.2. The van der Waals surface area contributed by atoms with E-state index in [0.29, 0.717) is 5.92 Å². The second-order valence-electron chi connectivity index (χ2n) is 8.19. The molecule has 0 aromatic heterocycles. The third-order valence-electron chi connectivity index (χ3n) is 5.37. The van der Waals surface area contributed by atoms with Crippen molar-refractivity contribution < 1.29 is 4.79 Å². The number of hydrogen-bond acceptors (Lipinski definition) is 2. The molecule has 4 rings (SSSR count). The number of rotatable bonds is 5. The molecular formula is C26H28N2O. The van der Waals surface area contributed by atoms with Gasteiger partial charge in [0.25, 0.3) is 5.91 Å². The summed E-state index contributed by atoms with van der Waals surface area (Å²) in [4.78, 5) is 15.0. The number of benzene rings is 3. The normalized spacial score (nSPS) is 13.3. The number of hydrogen-bond donors (Lipinski definition) is 1. The molecule has 3 aromatic rings. The summed E-state index contributed by atoms with van der Waals surface area (Å²) in [5.74, 6) is 0.729. The Kier molecular flexibility index (Phi) is 5.66. The van der Waals surface area contributed by atoms with Crippen LogP contribution in [0.2, 0.25) is 0 Å². The molecule has 0 unspecified atom stereocenters. The predicted molar refractivity (Wildman–Crippen MR) is 121 cm³/mol. The van der Waals surface area contributed by atoms with Crippen LogP contribution in [0.15, 0.2) is 72.8 Å². The van der Waals surface area contributed by atoms with Crippen LogP contribution in [0, 0.1) is 5.92 Å². The number of nitrogens with zero attached hydrogens (tertiary/aromatic N) is 1. The average molecular weight is 385 g/mol. The lowest BCUT2D eigenvalue weighted by atomic mass is 10.0. The third kappa shape index (κ3) is 4.51. The van der Waals surface area contributed by atoms with Gasteiger partial charge in [-0.3, -0.25) is 4.79 Å². The first-order chi connectivity index (χ1) is 14.1. The molecule has 0 saturated carbocycles. The Bertz CT molecular complexity index is 974. The van der Waals surface area contributed by atoms with Gasteiger partial charge in [0.15, 0.2) is 0 Å². The fraction of sp³-hybridized carbons (Fsp3) is 0.269. The molecule has 0 radical (unpaired) electrons. The van der Waals surface area contributed by atoms with Gasteiger partial charge in [0.2, 0.25) is 0 Å². The van der Waals surface area contributed by atoms with Gasteiger partial charge in [-0.05, 0) is 78.8 Å². The van der Waals surface area contributed by atoms with Crippen LogP contribution in [0.3, 0.4) is 0 Å². The van der Waals surface area contributed by atoms with Crippen molar-refractivity contribution in [2.24, 2.45) is 5.92 Å². The van der Waals surface area contributed by atoms with E-state index >= 15 is 0 Å². The van der Waals surface area contributed by atoms with E-state index < -0.39 is 0 Å². The van der Waals surface area contributed by atoms with Gasteiger partial charge >= 0.3 is 0 Å². The maximum absolute atomic E-state index is 13.1. The van der Waals surface area contributed by atoms with Gasteiger partial charge in [0.1, 0.15) is 0 Å². The van der Waals surface area contributed by atoms with Crippen molar-refractivity contribution >= 4 is 23.0 Å². The van der Waals surface area contributed by atoms with Crippen LogP contribution in [0.5, 0.6) is 0 Å². The second-order valence-corrected chi connectivity index (χ2v) is 8.19. The maximum Gasteiger partial charge on any atom is 0.258 e. The van der Waals surface area contributed by atoms with E-state index in [1.807, 2.05) is 47.4 Å². The molecule has 0 bridgehead atoms. The number of fused-ring (bicyclic) bond motifs is 1. The highest BCUT2D eigenvalue weighted by atomic mass is 16.2. The zero-order valence-corrected chi connectivity index (χ0v) is 17.2. The molecule has 29 heavy (non-hydrogen) atoms. The molecule has 0 atom stereocenters. The van der Waals surface area contributed by atoms with Crippen molar-refractivity contribution in [3.05, 3.63) is 89.5 Å². The molecule has 3 aromatic carbocycles. The molecule has 3 heteroatoms. The molecule has 0 spiro atoms. The van der Waals surface area contributed by atoms with Gasteiger partial charge in [-0.1, -0.05) is 44.2 Å². The van der Waals surface area contributed by atoms with E-state index in [9.17, 15) is 4.79 Å². The molecule has 1 aliphatic rings. The Hall–Kier alpha value is -3.07. The van der Waals surface area contributed by atoms with E-state index in [4.69, 9.17) is 0 Å². The smallest absolute Gasteiger partial charge is 0.258 e. The van der Waals surface area contributed by atoms with Gasteiger partial charge in [-0.2, -0.15) is 0 Å². The first-order valence-electron chi connectivity index (χ1n) is 10.5. The third-order valence-corrected chi connectivity index (χ3v) is 5.37. The summed E-state index contributed by atoms with van der Waals surface area (Å²) in [7, 11) is 0. The first-order valence-corrected chi connectivity index (χ1v) is 10.5. The van der Waals surface area contributed by atoms with E-state index in [-0.39, 0.29) is 5.91 Å². The fourth-order valence-electron chi connectivity index (χ4n) is 3.96. The number of aryl methyl sites for hydroxylation is 1. The highest BCUT2D eigenvalue weighted by Gasteiger charge is 2.23. The van der Waals surface area contributed by atoms with E-state index in [1.165, 1.54) is 11.1 Å². The summed E-state index contributed by atoms with van der Waals surface area (Å²) in [6, 6.07) is 24.6. The molecule has 148 valence electrons. The Labute approximate surface area is 173 Å². The topological polar surface area (TPSA) is 32.3 Å². The van der Waals surface area contributed by atoms with Crippen LogP contribution in [0.1, 0.15) is 41.8 Å². The summed E-state index contributed by atoms with van der Waals surface area (Å²) < 4.78 is 0. The van der Waals surface area contributed by atoms with E-state index in [1.54, 1.807) is 0 Å². The molecule has 3 nitrogen and oxygen atoms in total. The van der Waals surface area contributed by atoms with Crippen LogP contribution < -0.4 is 10.2 Å². The minimum Gasteiger partial charge on any atom is -0.356 e. The fourth-order valence-corrected chi connectivity index (χ4v) is 3.96. The lowest BCUT2D eigenvalue weighted by molar-refractivity contribution is 0.0985.